The molecule has 0 radical (unpaired) electrons. The lowest BCUT2D eigenvalue weighted by atomic mass is 10.1. The van der Waals surface area contributed by atoms with Gasteiger partial charge in [-0.1, -0.05) is 18.9 Å². The van der Waals surface area contributed by atoms with E-state index in [-0.39, 0.29) is 11.7 Å². The van der Waals surface area contributed by atoms with Gasteiger partial charge in [-0.25, -0.2) is 4.39 Å². The molecule has 3 rings (SSSR count). The molecule has 0 atom stereocenters. The molecule has 2 saturated carbocycles. The van der Waals surface area contributed by atoms with Gasteiger partial charge in [0.05, 0.1) is 0 Å². The Balaban J connectivity index is 1.84. The number of benzene rings is 1. The largest absolute Gasteiger partial charge is 0.333 e. The van der Waals surface area contributed by atoms with Crippen LogP contribution in [0.3, 0.4) is 0 Å². The predicted molar refractivity (Wildman–Crippen MR) is 72.6 cm³/mol. The number of halogens is 1. The smallest absolute Gasteiger partial charge is 0.254 e. The molecule has 2 fully saturated rings. The number of aryl methyl sites for hydroxylation is 1. The van der Waals surface area contributed by atoms with Crippen LogP contribution in [0.15, 0.2) is 18.2 Å². The molecular weight excluding hydrogens is 241 g/mol. The zero-order chi connectivity index (χ0) is 13.4. The molecule has 0 unspecified atom stereocenters. The van der Waals surface area contributed by atoms with Crippen molar-refractivity contribution < 1.29 is 9.18 Å². The number of carbonyl (C=O) groups is 1. The Hall–Kier alpha value is -1.38. The van der Waals surface area contributed by atoms with Crippen molar-refractivity contribution in [2.45, 2.75) is 57.5 Å². The van der Waals surface area contributed by atoms with Crippen LogP contribution < -0.4 is 0 Å². The quantitative estimate of drug-likeness (QED) is 0.812. The van der Waals surface area contributed by atoms with E-state index in [0.29, 0.717) is 23.2 Å². The van der Waals surface area contributed by atoms with E-state index in [9.17, 15) is 9.18 Å². The van der Waals surface area contributed by atoms with Gasteiger partial charge in [0.15, 0.2) is 0 Å². The summed E-state index contributed by atoms with van der Waals surface area (Å²) in [5.41, 5.74) is 1.09. The molecule has 19 heavy (non-hydrogen) atoms. The summed E-state index contributed by atoms with van der Waals surface area (Å²) in [6.07, 6.45) is 6.85. The van der Waals surface area contributed by atoms with E-state index in [0.717, 1.165) is 25.7 Å². The average Bonchev–Trinajstić information content (AvgIpc) is 3.08. The highest BCUT2D eigenvalue weighted by Crippen LogP contribution is 2.35. The number of rotatable bonds is 3. The molecule has 0 spiro atoms. The minimum absolute atomic E-state index is 0.0216. The van der Waals surface area contributed by atoms with E-state index in [1.165, 1.54) is 18.9 Å². The average molecular weight is 261 g/mol. The van der Waals surface area contributed by atoms with Crippen molar-refractivity contribution in [3.63, 3.8) is 0 Å². The monoisotopic (exact) mass is 261 g/mol. The van der Waals surface area contributed by atoms with Gasteiger partial charge in [-0.05, 0) is 50.3 Å². The molecule has 102 valence electrons. The van der Waals surface area contributed by atoms with Crippen molar-refractivity contribution in [3.05, 3.63) is 35.1 Å². The highest BCUT2D eigenvalue weighted by Gasteiger charge is 2.38. The molecular formula is C16H20FNO. The molecule has 0 aromatic heterocycles. The summed E-state index contributed by atoms with van der Waals surface area (Å²) in [6.45, 7) is 1.72. The first-order valence-corrected chi connectivity index (χ1v) is 7.25. The molecule has 1 aromatic rings. The van der Waals surface area contributed by atoms with Crippen molar-refractivity contribution in [2.24, 2.45) is 0 Å². The lowest BCUT2D eigenvalue weighted by Crippen LogP contribution is -2.40. The second-order valence-corrected chi connectivity index (χ2v) is 5.85. The predicted octanol–water partition coefficient (Wildman–Crippen LogP) is 3.68. The van der Waals surface area contributed by atoms with Crippen LogP contribution in [0, 0.1) is 12.7 Å². The standard InChI is InChI=1S/C16H20FNO/c1-11-6-7-12(10-15(11)17)16(19)18(14-8-9-14)13-4-2-3-5-13/h6-7,10,13-14H,2-5,8-9H2,1H3. The van der Waals surface area contributed by atoms with Crippen LogP contribution in [-0.2, 0) is 0 Å². The maximum atomic E-state index is 13.6. The highest BCUT2D eigenvalue weighted by molar-refractivity contribution is 5.95. The zero-order valence-corrected chi connectivity index (χ0v) is 11.4. The zero-order valence-electron chi connectivity index (χ0n) is 11.4. The SMILES string of the molecule is Cc1ccc(C(=O)N(C2CCCC2)C2CC2)cc1F. The van der Waals surface area contributed by atoms with Gasteiger partial charge in [0.2, 0.25) is 0 Å². The van der Waals surface area contributed by atoms with Gasteiger partial charge < -0.3 is 4.90 Å². The van der Waals surface area contributed by atoms with Crippen molar-refractivity contribution in [3.8, 4) is 0 Å². The van der Waals surface area contributed by atoms with E-state index in [2.05, 4.69) is 0 Å². The summed E-state index contributed by atoms with van der Waals surface area (Å²) in [7, 11) is 0. The first kappa shape index (κ1) is 12.6. The Morgan fingerprint density at radius 3 is 2.37 bits per heavy atom. The lowest BCUT2D eigenvalue weighted by Gasteiger charge is -2.29. The van der Waals surface area contributed by atoms with Crippen molar-refractivity contribution in [1.29, 1.82) is 0 Å². The number of hydrogen-bond donors (Lipinski definition) is 0. The molecule has 0 bridgehead atoms. The van der Waals surface area contributed by atoms with Gasteiger partial charge in [0.1, 0.15) is 5.82 Å². The van der Waals surface area contributed by atoms with E-state index >= 15 is 0 Å². The fourth-order valence-electron chi connectivity index (χ4n) is 3.04. The van der Waals surface area contributed by atoms with Gasteiger partial charge in [0.25, 0.3) is 5.91 Å². The molecule has 1 aromatic carbocycles. The molecule has 0 heterocycles. The lowest BCUT2D eigenvalue weighted by molar-refractivity contribution is 0.0664. The molecule has 0 N–H and O–H groups in total. The van der Waals surface area contributed by atoms with Gasteiger partial charge in [0, 0.05) is 17.6 Å². The third-order valence-corrected chi connectivity index (χ3v) is 4.31. The Morgan fingerprint density at radius 1 is 1.16 bits per heavy atom. The first-order valence-electron chi connectivity index (χ1n) is 7.25. The Labute approximate surface area is 113 Å². The van der Waals surface area contributed by atoms with Crippen molar-refractivity contribution in [1.82, 2.24) is 4.90 Å². The fourth-order valence-corrected chi connectivity index (χ4v) is 3.04. The van der Waals surface area contributed by atoms with Crippen LogP contribution in [0.1, 0.15) is 54.4 Å². The molecule has 3 heteroatoms. The summed E-state index contributed by atoms with van der Waals surface area (Å²) in [5, 5.41) is 0. The van der Waals surface area contributed by atoms with Crippen LogP contribution >= 0.6 is 0 Å². The minimum atomic E-state index is -0.284. The molecule has 2 nitrogen and oxygen atoms in total. The second-order valence-electron chi connectivity index (χ2n) is 5.85. The third-order valence-electron chi connectivity index (χ3n) is 4.31. The number of nitrogens with zero attached hydrogens (tertiary/aromatic N) is 1. The molecule has 2 aliphatic carbocycles. The van der Waals surface area contributed by atoms with Crippen LogP contribution in [0.25, 0.3) is 0 Å². The maximum absolute atomic E-state index is 13.6. The number of amides is 1. The fraction of sp³-hybridized carbons (Fsp3) is 0.562. The van der Waals surface area contributed by atoms with E-state index in [1.54, 1.807) is 19.1 Å². The van der Waals surface area contributed by atoms with Gasteiger partial charge in [-0.2, -0.15) is 0 Å². The van der Waals surface area contributed by atoms with Gasteiger partial charge >= 0.3 is 0 Å². The van der Waals surface area contributed by atoms with Crippen molar-refractivity contribution >= 4 is 5.91 Å². The third kappa shape index (κ3) is 2.51. The van der Waals surface area contributed by atoms with Crippen LogP contribution in [-0.4, -0.2) is 22.9 Å². The van der Waals surface area contributed by atoms with Gasteiger partial charge in [-0.15, -0.1) is 0 Å². The maximum Gasteiger partial charge on any atom is 0.254 e. The first-order chi connectivity index (χ1) is 9.16. The summed E-state index contributed by atoms with van der Waals surface area (Å²) in [4.78, 5) is 14.7. The minimum Gasteiger partial charge on any atom is -0.333 e. The van der Waals surface area contributed by atoms with Crippen molar-refractivity contribution in [2.75, 3.05) is 0 Å². The Kier molecular flexibility index (Phi) is 3.29. The number of carbonyl (C=O) groups excluding carboxylic acids is 1. The normalized spacial score (nSPS) is 19.7. The summed E-state index contributed by atoms with van der Waals surface area (Å²) < 4.78 is 13.6. The molecule has 2 aliphatic rings. The molecule has 0 saturated heterocycles. The topological polar surface area (TPSA) is 20.3 Å². The Bertz CT molecular complexity index is 490. The molecule has 1 amide bonds. The summed E-state index contributed by atoms with van der Waals surface area (Å²) >= 11 is 0. The summed E-state index contributed by atoms with van der Waals surface area (Å²) in [5.74, 6) is -0.263. The highest BCUT2D eigenvalue weighted by atomic mass is 19.1. The molecule has 0 aliphatic heterocycles. The number of hydrogen-bond acceptors (Lipinski definition) is 1. The Morgan fingerprint density at radius 2 is 1.79 bits per heavy atom. The van der Waals surface area contributed by atoms with Crippen LogP contribution in [0.2, 0.25) is 0 Å². The van der Waals surface area contributed by atoms with E-state index < -0.39 is 0 Å². The van der Waals surface area contributed by atoms with E-state index in [4.69, 9.17) is 0 Å². The van der Waals surface area contributed by atoms with Crippen LogP contribution in [0.4, 0.5) is 4.39 Å². The summed E-state index contributed by atoms with van der Waals surface area (Å²) in [6, 6.07) is 5.62. The van der Waals surface area contributed by atoms with Crippen LogP contribution in [0.5, 0.6) is 0 Å². The second kappa shape index (κ2) is 4.95. The van der Waals surface area contributed by atoms with E-state index in [1.807, 2.05) is 4.90 Å². The van der Waals surface area contributed by atoms with Gasteiger partial charge in [-0.3, -0.25) is 4.79 Å².